The zero-order valence-corrected chi connectivity index (χ0v) is 11.2. The van der Waals surface area contributed by atoms with Crippen LogP contribution in [0.5, 0.6) is 0 Å². The summed E-state index contributed by atoms with van der Waals surface area (Å²) in [5.41, 5.74) is 0. The summed E-state index contributed by atoms with van der Waals surface area (Å²) in [5, 5.41) is 15.5. The Kier molecular flexibility index (Phi) is 4.47. The quantitative estimate of drug-likeness (QED) is 0.589. The topological polar surface area (TPSA) is 81.7 Å². The van der Waals surface area contributed by atoms with Gasteiger partial charge in [0.1, 0.15) is 6.04 Å². The van der Waals surface area contributed by atoms with Crippen molar-refractivity contribution < 1.29 is 14.7 Å². The van der Waals surface area contributed by atoms with Gasteiger partial charge in [0.2, 0.25) is 11.8 Å². The molecule has 2 fully saturated rings. The molecule has 3 atom stereocenters. The number of rotatable bonds is 3. The molecule has 0 spiro atoms. The van der Waals surface area contributed by atoms with Crippen LogP contribution in [0, 0.1) is 5.92 Å². The molecule has 3 unspecified atom stereocenters. The Hall–Kier alpha value is -0.790. The number of nitrogens with one attached hydrogen (secondary N) is 2. The summed E-state index contributed by atoms with van der Waals surface area (Å²) in [4.78, 5) is 24.9. The molecule has 2 rings (SSSR count). The molecule has 2 heterocycles. The van der Waals surface area contributed by atoms with E-state index in [1.807, 2.05) is 0 Å². The van der Waals surface area contributed by atoms with Gasteiger partial charge in [-0.05, 0) is 0 Å². The van der Waals surface area contributed by atoms with Crippen molar-refractivity contribution in [3.05, 3.63) is 0 Å². The number of nitrogens with zero attached hydrogens (tertiary/aromatic N) is 1. The first-order valence-electron chi connectivity index (χ1n) is 6.11. The van der Waals surface area contributed by atoms with E-state index in [1.165, 1.54) is 6.92 Å². The van der Waals surface area contributed by atoms with Crippen LogP contribution >= 0.6 is 11.8 Å². The van der Waals surface area contributed by atoms with Crippen molar-refractivity contribution in [2.75, 3.05) is 31.3 Å². The minimum absolute atomic E-state index is 0.0637. The smallest absolute Gasteiger partial charge is 0.243 e. The van der Waals surface area contributed by atoms with Gasteiger partial charge in [0.15, 0.2) is 0 Å². The first-order chi connectivity index (χ1) is 8.59. The fourth-order valence-corrected chi connectivity index (χ4v) is 3.47. The van der Waals surface area contributed by atoms with E-state index in [1.54, 1.807) is 16.7 Å². The van der Waals surface area contributed by atoms with Gasteiger partial charge in [-0.1, -0.05) is 0 Å². The monoisotopic (exact) mass is 273 g/mol. The van der Waals surface area contributed by atoms with Crippen molar-refractivity contribution in [2.45, 2.75) is 19.1 Å². The minimum atomic E-state index is -0.396. The van der Waals surface area contributed by atoms with Crippen molar-refractivity contribution in [2.24, 2.45) is 5.92 Å². The molecule has 0 aromatic heterocycles. The van der Waals surface area contributed by atoms with Crippen molar-refractivity contribution in [1.82, 2.24) is 15.5 Å². The molecule has 102 valence electrons. The average Bonchev–Trinajstić information content (AvgIpc) is 2.94. The van der Waals surface area contributed by atoms with Crippen molar-refractivity contribution in [3.63, 3.8) is 0 Å². The lowest BCUT2D eigenvalue weighted by Gasteiger charge is -2.22. The van der Waals surface area contributed by atoms with Crippen LogP contribution in [0.3, 0.4) is 0 Å². The number of β-amino-alcohol motifs (C(OH)–C–C–N with tert-alkyl or cyclic N) is 1. The lowest BCUT2D eigenvalue weighted by Crippen LogP contribution is -2.48. The highest BCUT2D eigenvalue weighted by Gasteiger charge is 2.33. The van der Waals surface area contributed by atoms with E-state index < -0.39 is 6.10 Å². The predicted molar refractivity (Wildman–Crippen MR) is 69.0 cm³/mol. The predicted octanol–water partition coefficient (Wildman–Crippen LogP) is -1.40. The highest BCUT2D eigenvalue weighted by Crippen LogP contribution is 2.21. The molecule has 2 aliphatic rings. The van der Waals surface area contributed by atoms with Gasteiger partial charge >= 0.3 is 0 Å². The maximum absolute atomic E-state index is 12.0. The molecule has 7 heteroatoms. The Morgan fingerprint density at radius 2 is 2.28 bits per heavy atom. The van der Waals surface area contributed by atoms with Gasteiger partial charge in [0, 0.05) is 38.2 Å². The average molecular weight is 273 g/mol. The summed E-state index contributed by atoms with van der Waals surface area (Å²) in [6, 6.07) is -0.362. The molecule has 6 nitrogen and oxygen atoms in total. The molecule has 0 aromatic carbocycles. The third-order valence-electron chi connectivity index (χ3n) is 3.43. The molecule has 18 heavy (non-hydrogen) atoms. The van der Waals surface area contributed by atoms with Crippen molar-refractivity contribution in [3.8, 4) is 0 Å². The van der Waals surface area contributed by atoms with Gasteiger partial charge in [-0.25, -0.2) is 0 Å². The number of aliphatic hydroxyl groups excluding tert-OH is 1. The summed E-state index contributed by atoms with van der Waals surface area (Å²) < 4.78 is 0. The van der Waals surface area contributed by atoms with Gasteiger partial charge in [-0.2, -0.15) is 0 Å². The van der Waals surface area contributed by atoms with E-state index in [-0.39, 0.29) is 23.8 Å². The second-order valence-corrected chi connectivity index (χ2v) is 5.74. The van der Waals surface area contributed by atoms with Crippen LogP contribution < -0.4 is 10.6 Å². The van der Waals surface area contributed by atoms with Crippen LogP contribution in [0.15, 0.2) is 0 Å². The zero-order valence-electron chi connectivity index (χ0n) is 10.4. The van der Waals surface area contributed by atoms with Crippen LogP contribution in [0.2, 0.25) is 0 Å². The molecule has 2 amide bonds. The van der Waals surface area contributed by atoms with Gasteiger partial charge in [-0.15, -0.1) is 11.8 Å². The lowest BCUT2D eigenvalue weighted by atomic mass is 10.1. The van der Waals surface area contributed by atoms with E-state index in [4.69, 9.17) is 0 Å². The SMILES string of the molecule is CC(=O)N1CSCC1C(=O)NCC1CNCC1O. The standard InChI is InChI=1S/C11H19N3O3S/c1-7(15)14-6-18-5-9(14)11(17)13-3-8-2-12-4-10(8)16/h8-10,12,16H,2-6H2,1H3,(H,13,17). The zero-order chi connectivity index (χ0) is 13.1. The Bertz CT molecular complexity index is 339. The van der Waals surface area contributed by atoms with E-state index >= 15 is 0 Å². The highest BCUT2D eigenvalue weighted by atomic mass is 32.2. The van der Waals surface area contributed by atoms with Gasteiger partial charge in [0.05, 0.1) is 12.0 Å². The number of carbonyl (C=O) groups is 2. The van der Waals surface area contributed by atoms with E-state index in [2.05, 4.69) is 10.6 Å². The number of carbonyl (C=O) groups excluding carboxylic acids is 2. The largest absolute Gasteiger partial charge is 0.391 e. The third kappa shape index (κ3) is 2.96. The minimum Gasteiger partial charge on any atom is -0.391 e. The Labute approximate surface area is 110 Å². The normalized spacial score (nSPS) is 31.7. The summed E-state index contributed by atoms with van der Waals surface area (Å²) >= 11 is 1.59. The van der Waals surface area contributed by atoms with Gasteiger partial charge in [-0.3, -0.25) is 9.59 Å². The fourth-order valence-electron chi connectivity index (χ4n) is 2.25. The van der Waals surface area contributed by atoms with E-state index in [9.17, 15) is 14.7 Å². The molecule has 0 saturated carbocycles. The van der Waals surface area contributed by atoms with Crippen molar-refractivity contribution >= 4 is 23.6 Å². The molecule has 0 radical (unpaired) electrons. The van der Waals surface area contributed by atoms with Gasteiger partial charge < -0.3 is 20.6 Å². The summed E-state index contributed by atoms with van der Waals surface area (Å²) in [6.45, 7) is 3.24. The van der Waals surface area contributed by atoms with E-state index in [0.29, 0.717) is 24.7 Å². The number of thioether (sulfide) groups is 1. The molecule has 0 bridgehead atoms. The van der Waals surface area contributed by atoms with Crippen LogP contribution in [0.1, 0.15) is 6.92 Å². The molecular weight excluding hydrogens is 254 g/mol. The Balaban J connectivity index is 1.82. The maximum Gasteiger partial charge on any atom is 0.243 e. The van der Waals surface area contributed by atoms with Crippen LogP contribution in [-0.4, -0.2) is 65.2 Å². The Morgan fingerprint density at radius 3 is 2.89 bits per heavy atom. The fraction of sp³-hybridized carbons (Fsp3) is 0.818. The lowest BCUT2D eigenvalue weighted by molar-refractivity contribution is -0.136. The van der Waals surface area contributed by atoms with Gasteiger partial charge in [0.25, 0.3) is 0 Å². The summed E-state index contributed by atoms with van der Waals surface area (Å²) in [7, 11) is 0. The highest BCUT2D eigenvalue weighted by molar-refractivity contribution is 7.99. The first kappa shape index (κ1) is 13.6. The number of hydrogen-bond acceptors (Lipinski definition) is 5. The van der Waals surface area contributed by atoms with Crippen LogP contribution in [0.25, 0.3) is 0 Å². The van der Waals surface area contributed by atoms with E-state index in [0.717, 1.165) is 6.54 Å². The van der Waals surface area contributed by atoms with Crippen molar-refractivity contribution in [1.29, 1.82) is 0 Å². The van der Waals surface area contributed by atoms with Crippen LogP contribution in [-0.2, 0) is 9.59 Å². The number of hydrogen-bond donors (Lipinski definition) is 3. The van der Waals surface area contributed by atoms with Crippen LogP contribution in [0.4, 0.5) is 0 Å². The molecule has 3 N–H and O–H groups in total. The molecule has 2 saturated heterocycles. The first-order valence-corrected chi connectivity index (χ1v) is 7.26. The second-order valence-electron chi connectivity index (χ2n) is 4.74. The molecular formula is C11H19N3O3S. The summed E-state index contributed by atoms with van der Waals surface area (Å²) in [5.74, 6) is 1.11. The second kappa shape index (κ2) is 5.90. The maximum atomic E-state index is 12.0. The molecule has 0 aromatic rings. The number of aliphatic hydroxyl groups is 1. The molecule has 2 aliphatic heterocycles. The summed E-state index contributed by atoms with van der Waals surface area (Å²) in [6.07, 6.45) is -0.396. The third-order valence-corrected chi connectivity index (χ3v) is 4.44. The Morgan fingerprint density at radius 1 is 1.50 bits per heavy atom. The number of amides is 2. The molecule has 0 aliphatic carbocycles.